The van der Waals surface area contributed by atoms with Gasteiger partial charge in [-0.15, -0.1) is 0 Å². The average molecular weight is 470 g/mol. The van der Waals surface area contributed by atoms with E-state index >= 15 is 0 Å². The fourth-order valence-corrected chi connectivity index (χ4v) is 4.37. The molecular weight excluding hydrogens is 438 g/mol. The highest BCUT2D eigenvalue weighted by Gasteiger charge is 2.53. The number of rotatable bonds is 7. The van der Waals surface area contributed by atoms with Crippen molar-refractivity contribution in [1.29, 1.82) is 0 Å². The fraction of sp³-hybridized carbons (Fsp3) is 0.542. The number of aliphatic hydroxyl groups is 2. The number of hydrogen-bond donors (Lipinski definition) is 4. The molecule has 2 aromatic heterocycles. The van der Waals surface area contributed by atoms with E-state index in [2.05, 4.69) is 37.4 Å². The molecule has 4 atom stereocenters. The Bertz CT molecular complexity index is 1070. The molecule has 4 N–H and O–H groups in total. The first-order valence-corrected chi connectivity index (χ1v) is 11.3. The first-order valence-electron chi connectivity index (χ1n) is 11.3. The van der Waals surface area contributed by atoms with Crippen LogP contribution in [0.4, 0.5) is 11.8 Å². The Hall–Kier alpha value is -2.97. The molecule has 0 bridgehead atoms. The molecule has 4 rings (SSSR count). The molecule has 2 aliphatic rings. The van der Waals surface area contributed by atoms with Gasteiger partial charge >= 0.3 is 0 Å². The smallest absolute Gasteiger partial charge is 0.225 e. The second kappa shape index (κ2) is 10.1. The first kappa shape index (κ1) is 24.2. The van der Waals surface area contributed by atoms with Crippen LogP contribution < -0.4 is 15.4 Å². The van der Waals surface area contributed by atoms with Crippen LogP contribution in [0.3, 0.4) is 0 Å². The lowest BCUT2D eigenvalue weighted by molar-refractivity contribution is -0.158. The minimum Gasteiger partial charge on any atom is -0.481 e. The largest absolute Gasteiger partial charge is 0.481 e. The molecule has 2 aromatic rings. The Morgan fingerprint density at radius 3 is 2.65 bits per heavy atom. The van der Waals surface area contributed by atoms with Crippen molar-refractivity contribution in [3.8, 4) is 17.7 Å². The molecule has 0 spiro atoms. The van der Waals surface area contributed by atoms with Crippen molar-refractivity contribution in [2.24, 2.45) is 5.92 Å². The van der Waals surface area contributed by atoms with Crippen LogP contribution in [0.15, 0.2) is 18.3 Å². The van der Waals surface area contributed by atoms with E-state index < -0.39 is 5.79 Å². The van der Waals surface area contributed by atoms with Gasteiger partial charge in [-0.2, -0.15) is 4.98 Å². The summed E-state index contributed by atoms with van der Waals surface area (Å²) in [5.74, 6) is 6.99. The minimum atomic E-state index is -0.720. The molecule has 2 fully saturated rings. The van der Waals surface area contributed by atoms with Crippen molar-refractivity contribution >= 4 is 11.8 Å². The maximum absolute atomic E-state index is 9.89. The van der Waals surface area contributed by atoms with Gasteiger partial charge in [0.2, 0.25) is 11.8 Å². The summed E-state index contributed by atoms with van der Waals surface area (Å²) in [6, 6.07) is 3.45. The Morgan fingerprint density at radius 1 is 1.18 bits per heavy atom. The molecule has 10 heteroatoms. The summed E-state index contributed by atoms with van der Waals surface area (Å²) < 4.78 is 17.3. The number of nitrogens with zero attached hydrogens (tertiary/aromatic N) is 3. The number of aliphatic hydroxyl groups excluding tert-OH is 2. The van der Waals surface area contributed by atoms with Crippen LogP contribution in [0.1, 0.15) is 37.1 Å². The molecule has 0 aromatic carbocycles. The van der Waals surface area contributed by atoms with Gasteiger partial charge in [-0.1, -0.05) is 11.8 Å². The van der Waals surface area contributed by atoms with Gasteiger partial charge < -0.3 is 35.1 Å². The van der Waals surface area contributed by atoms with E-state index in [1.807, 2.05) is 26.8 Å². The van der Waals surface area contributed by atoms with Crippen LogP contribution >= 0.6 is 0 Å². The molecule has 10 nitrogen and oxygen atoms in total. The molecule has 182 valence electrons. The van der Waals surface area contributed by atoms with Crippen LogP contribution in [0.25, 0.3) is 0 Å². The maximum atomic E-state index is 9.89. The SMILES string of the molecule is COc1ccc(C#Cc2c(C)nc(NCCO)nc2N[C@@H]2C[C@H](CO)[C@H]3OC(C)(C)O[C@H]32)cn1. The molecule has 1 aliphatic heterocycles. The Morgan fingerprint density at radius 2 is 1.97 bits per heavy atom. The summed E-state index contributed by atoms with van der Waals surface area (Å²) in [5.41, 5.74) is 2.06. The zero-order valence-electron chi connectivity index (χ0n) is 19.8. The lowest BCUT2D eigenvalue weighted by Gasteiger charge is -2.24. The molecule has 1 saturated heterocycles. The summed E-state index contributed by atoms with van der Waals surface area (Å²) in [5, 5.41) is 25.6. The molecule has 3 heterocycles. The predicted molar refractivity (Wildman–Crippen MR) is 126 cm³/mol. The van der Waals surface area contributed by atoms with E-state index in [9.17, 15) is 10.2 Å². The van der Waals surface area contributed by atoms with Crippen LogP contribution in [0, 0.1) is 24.7 Å². The van der Waals surface area contributed by atoms with E-state index in [4.69, 9.17) is 14.2 Å². The van der Waals surface area contributed by atoms with E-state index in [0.29, 0.717) is 41.9 Å². The summed E-state index contributed by atoms with van der Waals surface area (Å²) in [7, 11) is 1.56. The summed E-state index contributed by atoms with van der Waals surface area (Å²) in [6.07, 6.45) is 1.88. The van der Waals surface area contributed by atoms with Gasteiger partial charge in [0.25, 0.3) is 0 Å². The van der Waals surface area contributed by atoms with Gasteiger partial charge in [0, 0.05) is 36.9 Å². The molecular formula is C24H31N5O5. The van der Waals surface area contributed by atoms with Crippen LogP contribution in [0.2, 0.25) is 0 Å². The molecule has 34 heavy (non-hydrogen) atoms. The molecule has 0 unspecified atom stereocenters. The van der Waals surface area contributed by atoms with Crippen molar-refractivity contribution in [2.45, 2.75) is 51.2 Å². The highest BCUT2D eigenvalue weighted by molar-refractivity contribution is 5.60. The minimum absolute atomic E-state index is 0.0159. The molecule has 1 aliphatic carbocycles. The number of pyridine rings is 1. The van der Waals surface area contributed by atoms with Crippen LogP contribution in [-0.2, 0) is 9.47 Å². The van der Waals surface area contributed by atoms with Gasteiger partial charge in [-0.05, 0) is 33.3 Å². The zero-order valence-corrected chi connectivity index (χ0v) is 19.8. The monoisotopic (exact) mass is 469 g/mol. The number of aryl methyl sites for hydroxylation is 1. The van der Waals surface area contributed by atoms with Crippen LogP contribution in [0.5, 0.6) is 5.88 Å². The van der Waals surface area contributed by atoms with Gasteiger partial charge in [0.05, 0.1) is 37.1 Å². The number of hydrogen-bond acceptors (Lipinski definition) is 10. The normalized spacial score (nSPS) is 24.8. The number of aromatic nitrogens is 3. The second-order valence-electron chi connectivity index (χ2n) is 8.84. The van der Waals surface area contributed by atoms with E-state index in [0.717, 1.165) is 5.56 Å². The molecule has 0 amide bonds. The van der Waals surface area contributed by atoms with Gasteiger partial charge in [-0.25, -0.2) is 9.97 Å². The number of nitrogens with one attached hydrogen (secondary N) is 2. The number of ether oxygens (including phenoxy) is 3. The quantitative estimate of drug-likeness (QED) is 0.440. The number of anilines is 2. The Labute approximate surface area is 199 Å². The fourth-order valence-electron chi connectivity index (χ4n) is 4.37. The number of fused-ring (bicyclic) bond motifs is 1. The lowest BCUT2D eigenvalue weighted by atomic mass is 10.1. The van der Waals surface area contributed by atoms with Crippen molar-refractivity contribution in [2.75, 3.05) is 37.5 Å². The van der Waals surface area contributed by atoms with Crippen molar-refractivity contribution in [3.05, 3.63) is 35.2 Å². The Kier molecular flexibility index (Phi) is 7.19. The summed E-state index contributed by atoms with van der Waals surface area (Å²) in [6.45, 7) is 5.92. The lowest BCUT2D eigenvalue weighted by Crippen LogP contribution is -2.35. The third-order valence-electron chi connectivity index (χ3n) is 5.90. The zero-order chi connectivity index (χ0) is 24.3. The summed E-state index contributed by atoms with van der Waals surface area (Å²) in [4.78, 5) is 13.3. The number of methoxy groups -OCH3 is 1. The summed E-state index contributed by atoms with van der Waals surface area (Å²) >= 11 is 0. The highest BCUT2D eigenvalue weighted by atomic mass is 16.8. The van der Waals surface area contributed by atoms with Crippen molar-refractivity contribution < 1.29 is 24.4 Å². The van der Waals surface area contributed by atoms with Crippen molar-refractivity contribution in [3.63, 3.8) is 0 Å². The first-order chi connectivity index (χ1) is 16.3. The van der Waals surface area contributed by atoms with Crippen LogP contribution in [-0.4, -0.2) is 76.1 Å². The second-order valence-corrected chi connectivity index (χ2v) is 8.84. The third kappa shape index (κ3) is 5.23. The van der Waals surface area contributed by atoms with Gasteiger partial charge in [-0.3, -0.25) is 0 Å². The highest BCUT2D eigenvalue weighted by Crippen LogP contribution is 2.42. The van der Waals surface area contributed by atoms with Crippen molar-refractivity contribution in [1.82, 2.24) is 15.0 Å². The maximum Gasteiger partial charge on any atom is 0.225 e. The van der Waals surface area contributed by atoms with Gasteiger partial charge in [0.15, 0.2) is 5.79 Å². The van der Waals surface area contributed by atoms with E-state index in [1.54, 1.807) is 19.4 Å². The standard InChI is InChI=1S/C24H31N5O5/c1-14-17(7-5-15-6-8-19(32-4)26-12-15)22(29-23(27-14)25-9-10-30)28-18-11-16(13-31)20-21(18)34-24(2,3)33-20/h6,8,12,16,18,20-21,30-31H,9-11,13H2,1-4H3,(H2,25,27,28,29)/t16-,18-,20-,21+/m1/s1. The average Bonchev–Trinajstić information content (AvgIpc) is 3.30. The van der Waals surface area contributed by atoms with E-state index in [-0.39, 0.29) is 37.4 Å². The Balaban J connectivity index is 1.66. The topological polar surface area (TPSA) is 131 Å². The molecule has 0 radical (unpaired) electrons. The predicted octanol–water partition coefficient (Wildman–Crippen LogP) is 1.31. The third-order valence-corrected chi connectivity index (χ3v) is 5.90. The van der Waals surface area contributed by atoms with Gasteiger partial charge in [0.1, 0.15) is 11.9 Å². The van der Waals surface area contributed by atoms with E-state index in [1.165, 1.54) is 0 Å². The molecule has 1 saturated carbocycles.